The number of hydrogen-bond donors (Lipinski definition) is 1. The number of carbonyl (C=O) groups excluding carboxylic acids is 1. The van der Waals surface area contributed by atoms with Gasteiger partial charge in [0.25, 0.3) is 5.91 Å². The van der Waals surface area contributed by atoms with Gasteiger partial charge in [0, 0.05) is 38.2 Å². The van der Waals surface area contributed by atoms with Crippen molar-refractivity contribution in [2.24, 2.45) is 0 Å². The summed E-state index contributed by atoms with van der Waals surface area (Å²) in [6.07, 6.45) is 4.29. The molecule has 0 unspecified atom stereocenters. The quantitative estimate of drug-likeness (QED) is 0.811. The molecule has 0 saturated carbocycles. The molecule has 1 amide bonds. The first kappa shape index (κ1) is 15.4. The number of amides is 1. The van der Waals surface area contributed by atoms with E-state index in [2.05, 4.69) is 15.2 Å². The highest BCUT2D eigenvalue weighted by atomic mass is 16.2. The number of rotatable bonds is 7. The van der Waals surface area contributed by atoms with Crippen molar-refractivity contribution in [3.63, 3.8) is 0 Å². The smallest absolute Gasteiger partial charge is 0.257 e. The second-order valence-corrected chi connectivity index (χ2v) is 4.71. The molecular weight excluding hydrogens is 240 g/mol. The second-order valence-electron chi connectivity index (χ2n) is 4.71. The molecule has 1 aromatic rings. The lowest BCUT2D eigenvalue weighted by Gasteiger charge is -2.22. The zero-order valence-electron chi connectivity index (χ0n) is 12.3. The molecule has 0 fully saturated rings. The van der Waals surface area contributed by atoms with Gasteiger partial charge in [0.1, 0.15) is 0 Å². The van der Waals surface area contributed by atoms with E-state index in [9.17, 15) is 4.79 Å². The molecule has 1 aromatic heterocycles. The van der Waals surface area contributed by atoms with E-state index in [1.54, 1.807) is 12.4 Å². The minimum Gasteiger partial charge on any atom is -0.387 e. The molecular formula is C14H24N4O. The molecule has 0 bridgehead atoms. The maximum Gasteiger partial charge on any atom is 0.257 e. The van der Waals surface area contributed by atoms with Crippen molar-refractivity contribution in [1.29, 1.82) is 0 Å². The van der Waals surface area contributed by atoms with Gasteiger partial charge in [0.05, 0.1) is 5.56 Å². The number of carbonyl (C=O) groups is 1. The van der Waals surface area contributed by atoms with Crippen molar-refractivity contribution in [2.75, 3.05) is 46.1 Å². The van der Waals surface area contributed by atoms with Crippen molar-refractivity contribution in [1.82, 2.24) is 14.8 Å². The third-order valence-electron chi connectivity index (χ3n) is 3.02. The van der Waals surface area contributed by atoms with Gasteiger partial charge in [-0.3, -0.25) is 9.78 Å². The van der Waals surface area contributed by atoms with Crippen LogP contribution in [-0.4, -0.2) is 61.5 Å². The molecule has 5 nitrogen and oxygen atoms in total. The number of aromatic nitrogens is 1. The van der Waals surface area contributed by atoms with Crippen LogP contribution in [0.25, 0.3) is 0 Å². The van der Waals surface area contributed by atoms with E-state index in [0.29, 0.717) is 12.1 Å². The highest BCUT2D eigenvalue weighted by Gasteiger charge is 2.17. The molecule has 0 aliphatic rings. The van der Waals surface area contributed by atoms with Crippen molar-refractivity contribution >= 4 is 11.6 Å². The fourth-order valence-corrected chi connectivity index (χ4v) is 1.93. The Morgan fingerprint density at radius 1 is 1.37 bits per heavy atom. The van der Waals surface area contributed by atoms with Crippen molar-refractivity contribution < 1.29 is 4.79 Å². The van der Waals surface area contributed by atoms with Crippen LogP contribution in [0.5, 0.6) is 0 Å². The Labute approximate surface area is 115 Å². The summed E-state index contributed by atoms with van der Waals surface area (Å²) < 4.78 is 0. The third kappa shape index (κ3) is 4.52. The zero-order chi connectivity index (χ0) is 14.3. The van der Waals surface area contributed by atoms with Crippen LogP contribution in [0.1, 0.15) is 23.7 Å². The predicted octanol–water partition coefficient (Wildman–Crippen LogP) is 1.54. The minimum atomic E-state index is 0.0405. The summed E-state index contributed by atoms with van der Waals surface area (Å²) in [5.74, 6) is 0.0405. The molecule has 0 aliphatic carbocycles. The molecule has 0 radical (unpaired) electrons. The summed E-state index contributed by atoms with van der Waals surface area (Å²) in [7, 11) is 5.89. The van der Waals surface area contributed by atoms with Crippen LogP contribution in [-0.2, 0) is 0 Å². The maximum atomic E-state index is 12.5. The van der Waals surface area contributed by atoms with Crippen LogP contribution in [0.4, 0.5) is 5.69 Å². The predicted molar refractivity (Wildman–Crippen MR) is 78.5 cm³/mol. The van der Waals surface area contributed by atoms with Gasteiger partial charge in [-0.1, -0.05) is 0 Å². The Morgan fingerprint density at radius 2 is 2.11 bits per heavy atom. The summed E-state index contributed by atoms with van der Waals surface area (Å²) in [5, 5.41) is 3.03. The normalized spacial score (nSPS) is 10.6. The number of hydrogen-bond acceptors (Lipinski definition) is 4. The summed E-state index contributed by atoms with van der Waals surface area (Å²) >= 11 is 0. The van der Waals surface area contributed by atoms with Crippen molar-refractivity contribution in [3.8, 4) is 0 Å². The fourth-order valence-electron chi connectivity index (χ4n) is 1.93. The van der Waals surface area contributed by atoms with E-state index >= 15 is 0 Å². The Bertz CT molecular complexity index is 406. The molecule has 106 valence electrons. The molecule has 0 saturated heterocycles. The number of pyridine rings is 1. The van der Waals surface area contributed by atoms with E-state index in [4.69, 9.17) is 0 Å². The Hall–Kier alpha value is -1.62. The van der Waals surface area contributed by atoms with Gasteiger partial charge in [-0.25, -0.2) is 0 Å². The zero-order valence-corrected chi connectivity index (χ0v) is 12.3. The third-order valence-corrected chi connectivity index (χ3v) is 3.02. The van der Waals surface area contributed by atoms with Gasteiger partial charge < -0.3 is 15.1 Å². The molecule has 0 atom stereocenters. The lowest BCUT2D eigenvalue weighted by Crippen LogP contribution is -2.33. The lowest BCUT2D eigenvalue weighted by atomic mass is 10.2. The van der Waals surface area contributed by atoms with Gasteiger partial charge >= 0.3 is 0 Å². The van der Waals surface area contributed by atoms with E-state index < -0.39 is 0 Å². The first-order valence-corrected chi connectivity index (χ1v) is 6.66. The van der Waals surface area contributed by atoms with Crippen LogP contribution in [0.15, 0.2) is 18.5 Å². The topological polar surface area (TPSA) is 48.5 Å². The fraction of sp³-hybridized carbons (Fsp3) is 0.571. The highest BCUT2D eigenvalue weighted by molar-refractivity contribution is 5.99. The van der Waals surface area contributed by atoms with Gasteiger partial charge in [-0.15, -0.1) is 0 Å². The van der Waals surface area contributed by atoms with E-state index in [0.717, 1.165) is 25.2 Å². The molecule has 0 spiro atoms. The van der Waals surface area contributed by atoms with Crippen LogP contribution in [0.2, 0.25) is 0 Å². The maximum absolute atomic E-state index is 12.5. The van der Waals surface area contributed by atoms with Gasteiger partial charge in [-0.2, -0.15) is 0 Å². The number of nitrogens with zero attached hydrogens (tertiary/aromatic N) is 3. The first-order valence-electron chi connectivity index (χ1n) is 6.66. The summed E-state index contributed by atoms with van der Waals surface area (Å²) in [4.78, 5) is 20.5. The van der Waals surface area contributed by atoms with E-state index in [1.807, 2.05) is 39.0 Å². The average Bonchev–Trinajstić information content (AvgIpc) is 2.42. The van der Waals surface area contributed by atoms with Crippen LogP contribution < -0.4 is 5.32 Å². The Balaban J connectivity index is 2.72. The minimum absolute atomic E-state index is 0.0405. The summed E-state index contributed by atoms with van der Waals surface area (Å²) in [6.45, 7) is 4.47. The van der Waals surface area contributed by atoms with Gasteiger partial charge in [-0.05, 0) is 40.1 Å². The SMILES string of the molecule is CCN(CCCN(C)C)C(=O)c1cnccc1NC. The first-order chi connectivity index (χ1) is 9.10. The molecule has 0 aliphatic heterocycles. The largest absolute Gasteiger partial charge is 0.387 e. The Kier molecular flexibility index (Phi) is 6.29. The standard InChI is InChI=1S/C14H24N4O/c1-5-18(10-6-9-17(3)4)14(19)12-11-16-8-7-13(12)15-2/h7-8,11H,5-6,9-10H2,1-4H3,(H,15,16). The van der Waals surface area contributed by atoms with E-state index in [-0.39, 0.29) is 5.91 Å². The number of nitrogens with one attached hydrogen (secondary N) is 1. The summed E-state index contributed by atoms with van der Waals surface area (Å²) in [6, 6.07) is 1.82. The van der Waals surface area contributed by atoms with Gasteiger partial charge in [0.2, 0.25) is 0 Å². The lowest BCUT2D eigenvalue weighted by molar-refractivity contribution is 0.0760. The molecule has 5 heteroatoms. The molecule has 0 aromatic carbocycles. The monoisotopic (exact) mass is 264 g/mol. The Morgan fingerprint density at radius 3 is 2.68 bits per heavy atom. The molecule has 1 heterocycles. The second kappa shape index (κ2) is 7.74. The average molecular weight is 264 g/mol. The van der Waals surface area contributed by atoms with Crippen LogP contribution in [0, 0.1) is 0 Å². The van der Waals surface area contributed by atoms with E-state index in [1.165, 1.54) is 0 Å². The summed E-state index contributed by atoms with van der Waals surface area (Å²) in [5.41, 5.74) is 1.46. The van der Waals surface area contributed by atoms with Crippen LogP contribution in [0.3, 0.4) is 0 Å². The molecule has 19 heavy (non-hydrogen) atoms. The molecule has 1 rings (SSSR count). The van der Waals surface area contributed by atoms with Crippen molar-refractivity contribution in [2.45, 2.75) is 13.3 Å². The molecule has 1 N–H and O–H groups in total. The van der Waals surface area contributed by atoms with Gasteiger partial charge in [0.15, 0.2) is 0 Å². The number of anilines is 1. The highest BCUT2D eigenvalue weighted by Crippen LogP contribution is 2.15. The van der Waals surface area contributed by atoms with Crippen LogP contribution >= 0.6 is 0 Å². The van der Waals surface area contributed by atoms with Crippen molar-refractivity contribution in [3.05, 3.63) is 24.0 Å².